The number of nitrogens with one attached hydrogen (secondary N) is 1. The number of hydrogen-bond donors (Lipinski definition) is 3. The van der Waals surface area contributed by atoms with E-state index in [4.69, 9.17) is 5.11 Å². The summed E-state index contributed by atoms with van der Waals surface area (Å²) < 4.78 is 1.82. The van der Waals surface area contributed by atoms with Crippen molar-refractivity contribution in [2.75, 3.05) is 6.61 Å². The highest BCUT2D eigenvalue weighted by Gasteiger charge is 2.34. The van der Waals surface area contributed by atoms with Crippen LogP contribution in [-0.4, -0.2) is 37.7 Å². The summed E-state index contributed by atoms with van der Waals surface area (Å²) in [6, 6.07) is 0. The van der Waals surface area contributed by atoms with Crippen molar-refractivity contribution in [1.29, 1.82) is 0 Å². The predicted molar refractivity (Wildman–Crippen MR) is 72.2 cm³/mol. The van der Waals surface area contributed by atoms with Crippen LogP contribution in [-0.2, 0) is 0 Å². The first-order chi connectivity index (χ1) is 8.02. The number of halogens is 1. The molecule has 3 N–H and O–H groups in total. The molecule has 1 saturated heterocycles. The lowest BCUT2D eigenvalue weighted by Crippen LogP contribution is -2.32. The van der Waals surface area contributed by atoms with Crippen molar-refractivity contribution in [2.24, 2.45) is 0 Å². The lowest BCUT2D eigenvalue weighted by molar-refractivity contribution is 0.137. The molecule has 0 aromatic carbocycles. The van der Waals surface area contributed by atoms with E-state index < -0.39 is 17.4 Å². The van der Waals surface area contributed by atoms with Crippen LogP contribution in [0.25, 0.3) is 0 Å². The highest BCUT2D eigenvalue weighted by Crippen LogP contribution is 2.40. The highest BCUT2D eigenvalue weighted by molar-refractivity contribution is 14.1. The zero-order chi connectivity index (χ0) is 12.6. The summed E-state index contributed by atoms with van der Waals surface area (Å²) in [4.78, 5) is 25.1. The van der Waals surface area contributed by atoms with E-state index in [0.717, 1.165) is 0 Å². The monoisotopic (exact) mass is 370 g/mol. The Bertz CT molecular complexity index is 528. The van der Waals surface area contributed by atoms with Gasteiger partial charge >= 0.3 is 5.69 Å². The zero-order valence-corrected chi connectivity index (χ0v) is 11.6. The minimum Gasteiger partial charge on any atom is -0.395 e. The third-order valence-electron chi connectivity index (χ3n) is 2.62. The molecule has 0 saturated carbocycles. The van der Waals surface area contributed by atoms with Crippen molar-refractivity contribution in [3.8, 4) is 0 Å². The molecule has 0 aliphatic carbocycles. The first-order valence-corrected chi connectivity index (χ1v) is 7.00. The second-order valence-electron chi connectivity index (χ2n) is 3.76. The van der Waals surface area contributed by atoms with Crippen molar-refractivity contribution in [3.63, 3.8) is 0 Å². The number of nitrogens with zero attached hydrogens (tertiary/aromatic N) is 1. The van der Waals surface area contributed by atoms with Crippen LogP contribution in [0, 0.1) is 3.57 Å². The molecular formula is C9H11IN2O4S. The fraction of sp³-hybridized carbons (Fsp3) is 0.556. The van der Waals surface area contributed by atoms with E-state index in [0.29, 0.717) is 9.99 Å². The number of aliphatic hydroxyl groups excluding tert-OH is 2. The molecule has 1 fully saturated rings. The van der Waals surface area contributed by atoms with Crippen LogP contribution in [0.1, 0.15) is 11.8 Å². The molecular weight excluding hydrogens is 359 g/mol. The first kappa shape index (κ1) is 13.1. The van der Waals surface area contributed by atoms with Gasteiger partial charge in [0.25, 0.3) is 5.56 Å². The van der Waals surface area contributed by atoms with Gasteiger partial charge in [-0.15, -0.1) is 11.8 Å². The third kappa shape index (κ3) is 2.59. The Hall–Kier alpha value is -0.320. The number of rotatable bonds is 2. The summed E-state index contributed by atoms with van der Waals surface area (Å²) in [5.41, 5.74) is -0.896. The Kier molecular flexibility index (Phi) is 3.95. The van der Waals surface area contributed by atoms with Gasteiger partial charge in [-0.1, -0.05) is 0 Å². The van der Waals surface area contributed by atoms with Crippen LogP contribution in [0.4, 0.5) is 0 Å². The van der Waals surface area contributed by atoms with Gasteiger partial charge in [0.1, 0.15) is 0 Å². The Labute approximate surface area is 114 Å². The summed E-state index contributed by atoms with van der Waals surface area (Å²) >= 11 is 3.19. The molecule has 8 heteroatoms. The van der Waals surface area contributed by atoms with E-state index >= 15 is 0 Å². The Morgan fingerprint density at radius 1 is 1.59 bits per heavy atom. The van der Waals surface area contributed by atoms with E-state index in [9.17, 15) is 14.7 Å². The van der Waals surface area contributed by atoms with Gasteiger partial charge in [0, 0.05) is 12.6 Å². The van der Waals surface area contributed by atoms with Crippen LogP contribution >= 0.6 is 34.4 Å². The maximum absolute atomic E-state index is 11.6. The molecule has 0 amide bonds. The molecule has 0 spiro atoms. The molecule has 1 aliphatic heterocycles. The molecule has 1 aliphatic rings. The first-order valence-electron chi connectivity index (χ1n) is 4.98. The standard InChI is InChI=1S/C9H11IN2O4S/c10-4-2-12(9(16)11-8(4)15)7-1-5(14)6(3-13)17-7/h2,5-7,13-14H,1,3H2,(H,11,15,16)/t5?,6-,7+/m1/s1. The summed E-state index contributed by atoms with van der Waals surface area (Å²) in [5, 5.41) is 18.2. The van der Waals surface area contributed by atoms with Gasteiger partial charge in [0.05, 0.1) is 26.9 Å². The van der Waals surface area contributed by atoms with Gasteiger partial charge in [0.2, 0.25) is 0 Å². The van der Waals surface area contributed by atoms with Crippen molar-refractivity contribution in [3.05, 3.63) is 30.6 Å². The molecule has 1 unspecified atom stereocenters. The van der Waals surface area contributed by atoms with E-state index in [1.165, 1.54) is 22.5 Å². The number of hydrogen-bond acceptors (Lipinski definition) is 5. The average Bonchev–Trinajstić information content (AvgIpc) is 2.65. The smallest absolute Gasteiger partial charge is 0.329 e. The zero-order valence-electron chi connectivity index (χ0n) is 8.67. The number of thioether (sulfide) groups is 1. The predicted octanol–water partition coefficient (Wildman–Crippen LogP) is -0.502. The Morgan fingerprint density at radius 2 is 2.29 bits per heavy atom. The second kappa shape index (κ2) is 5.12. The van der Waals surface area contributed by atoms with Gasteiger partial charge < -0.3 is 10.2 Å². The van der Waals surface area contributed by atoms with Crippen LogP contribution in [0.15, 0.2) is 15.8 Å². The maximum Gasteiger partial charge on any atom is 0.329 e. The normalized spacial score (nSPS) is 28.5. The third-order valence-corrected chi connectivity index (χ3v) is 4.93. The average molecular weight is 370 g/mol. The van der Waals surface area contributed by atoms with Crippen molar-refractivity contribution in [1.82, 2.24) is 9.55 Å². The van der Waals surface area contributed by atoms with Crippen LogP contribution < -0.4 is 11.2 Å². The van der Waals surface area contributed by atoms with Crippen LogP contribution in [0.2, 0.25) is 0 Å². The highest BCUT2D eigenvalue weighted by atomic mass is 127. The maximum atomic E-state index is 11.6. The van der Waals surface area contributed by atoms with Gasteiger partial charge in [-0.05, 0) is 22.6 Å². The number of aromatic amines is 1. The largest absolute Gasteiger partial charge is 0.395 e. The Balaban J connectivity index is 2.34. The molecule has 0 radical (unpaired) electrons. The van der Waals surface area contributed by atoms with E-state index in [2.05, 4.69) is 4.98 Å². The number of aliphatic hydroxyl groups is 2. The molecule has 17 heavy (non-hydrogen) atoms. The molecule has 2 rings (SSSR count). The lowest BCUT2D eigenvalue weighted by Gasteiger charge is -2.12. The SMILES string of the molecule is O=c1[nH]c(=O)n([C@@H]2CC(O)[C@@H](CO)S2)cc1I. The van der Waals surface area contributed by atoms with Gasteiger partial charge in [-0.2, -0.15) is 0 Å². The van der Waals surface area contributed by atoms with E-state index in [1.807, 2.05) is 22.6 Å². The van der Waals surface area contributed by atoms with Crippen molar-refractivity contribution >= 4 is 34.4 Å². The fourth-order valence-electron chi connectivity index (χ4n) is 1.72. The van der Waals surface area contributed by atoms with Gasteiger partial charge in [-0.25, -0.2) is 4.79 Å². The van der Waals surface area contributed by atoms with Gasteiger partial charge in [-0.3, -0.25) is 14.3 Å². The lowest BCUT2D eigenvalue weighted by atomic mass is 10.2. The number of H-pyrrole nitrogens is 1. The summed E-state index contributed by atoms with van der Waals surface area (Å²) in [7, 11) is 0. The minimum absolute atomic E-state index is 0.127. The fourth-order valence-corrected chi connectivity index (χ4v) is 3.54. The van der Waals surface area contributed by atoms with Crippen molar-refractivity contribution < 1.29 is 10.2 Å². The summed E-state index contributed by atoms with van der Waals surface area (Å²) in [6.07, 6.45) is 1.23. The molecule has 0 bridgehead atoms. The molecule has 1 aromatic heterocycles. The second-order valence-corrected chi connectivity index (χ2v) is 6.34. The van der Waals surface area contributed by atoms with Crippen LogP contribution in [0.3, 0.4) is 0 Å². The van der Waals surface area contributed by atoms with E-state index in [-0.39, 0.29) is 17.2 Å². The summed E-state index contributed by atoms with van der Waals surface area (Å²) in [6.45, 7) is -0.127. The molecule has 2 heterocycles. The van der Waals surface area contributed by atoms with Crippen molar-refractivity contribution in [2.45, 2.75) is 23.1 Å². The summed E-state index contributed by atoms with van der Waals surface area (Å²) in [5.74, 6) is 0. The van der Waals surface area contributed by atoms with Crippen LogP contribution in [0.5, 0.6) is 0 Å². The van der Waals surface area contributed by atoms with E-state index in [1.54, 1.807) is 0 Å². The minimum atomic E-state index is -0.633. The molecule has 6 nitrogen and oxygen atoms in total. The quantitative estimate of drug-likeness (QED) is 0.610. The van der Waals surface area contributed by atoms with Gasteiger partial charge in [0.15, 0.2) is 0 Å². The topological polar surface area (TPSA) is 95.3 Å². The molecule has 1 aromatic rings. The molecule has 3 atom stereocenters. The number of aromatic nitrogens is 2. The molecule has 94 valence electrons. The Morgan fingerprint density at radius 3 is 2.88 bits per heavy atom.